The van der Waals surface area contributed by atoms with E-state index in [1.165, 1.54) is 11.8 Å². The molecule has 0 spiro atoms. The maximum atomic E-state index is 12.4. The van der Waals surface area contributed by atoms with Gasteiger partial charge in [0.2, 0.25) is 5.91 Å². The van der Waals surface area contributed by atoms with E-state index in [4.69, 9.17) is 4.98 Å². The van der Waals surface area contributed by atoms with Crippen molar-refractivity contribution in [2.24, 2.45) is 0 Å². The van der Waals surface area contributed by atoms with E-state index in [1.54, 1.807) is 9.42 Å². The summed E-state index contributed by atoms with van der Waals surface area (Å²) in [5.74, 6) is 0.873. The molecule has 3 heterocycles. The van der Waals surface area contributed by atoms with Crippen LogP contribution in [-0.4, -0.2) is 49.2 Å². The summed E-state index contributed by atoms with van der Waals surface area (Å²) in [6.07, 6.45) is 1.89. The van der Waals surface area contributed by atoms with E-state index >= 15 is 0 Å². The number of thioether (sulfide) groups is 1. The molecule has 1 amide bonds. The van der Waals surface area contributed by atoms with Crippen LogP contribution in [0.1, 0.15) is 18.7 Å². The summed E-state index contributed by atoms with van der Waals surface area (Å²) < 4.78 is 1.77. The van der Waals surface area contributed by atoms with Crippen molar-refractivity contribution in [3.8, 4) is 0 Å². The Morgan fingerprint density at radius 1 is 1.26 bits per heavy atom. The van der Waals surface area contributed by atoms with Gasteiger partial charge in [-0.25, -0.2) is 9.97 Å². The zero-order valence-electron chi connectivity index (χ0n) is 13.1. The quantitative estimate of drug-likeness (QED) is 0.676. The Kier molecular flexibility index (Phi) is 3.45. The van der Waals surface area contributed by atoms with E-state index < -0.39 is 0 Å². The van der Waals surface area contributed by atoms with Gasteiger partial charge in [0.05, 0.1) is 10.8 Å². The third-order valence-corrected chi connectivity index (χ3v) is 5.31. The topological polar surface area (TPSA) is 63.4 Å². The minimum atomic E-state index is -0.102. The van der Waals surface area contributed by atoms with Crippen LogP contribution in [0.2, 0.25) is 0 Å². The molecule has 0 saturated carbocycles. The molecule has 1 aliphatic rings. The largest absolute Gasteiger partial charge is 0.345 e. The highest BCUT2D eigenvalue weighted by molar-refractivity contribution is 8.00. The van der Waals surface area contributed by atoms with Gasteiger partial charge < -0.3 is 4.90 Å². The number of hydrogen-bond donors (Lipinski definition) is 0. The molecule has 7 heteroatoms. The van der Waals surface area contributed by atoms with E-state index in [2.05, 4.69) is 10.1 Å². The van der Waals surface area contributed by atoms with Crippen LogP contribution in [0.4, 0.5) is 0 Å². The van der Waals surface area contributed by atoms with Crippen LogP contribution in [0.25, 0.3) is 16.6 Å². The Labute approximate surface area is 137 Å². The normalized spacial score (nSPS) is 19.0. The Morgan fingerprint density at radius 2 is 2.09 bits per heavy atom. The summed E-state index contributed by atoms with van der Waals surface area (Å²) in [6.45, 7) is 2.70. The number of nitrogens with zero attached hydrogens (tertiary/aromatic N) is 5. The van der Waals surface area contributed by atoms with Crippen LogP contribution >= 0.6 is 11.8 Å². The highest BCUT2D eigenvalue weighted by atomic mass is 32.2. The molecule has 23 heavy (non-hydrogen) atoms. The monoisotopic (exact) mass is 327 g/mol. The lowest BCUT2D eigenvalue weighted by atomic mass is 10.1. The number of benzene rings is 1. The predicted molar refractivity (Wildman–Crippen MR) is 89.5 cm³/mol. The average molecular weight is 327 g/mol. The number of piperidine rings is 1. The van der Waals surface area contributed by atoms with Crippen molar-refractivity contribution >= 4 is 34.2 Å². The lowest BCUT2D eigenvalue weighted by Gasteiger charge is -2.28. The number of fused-ring (bicyclic) bond motifs is 3. The summed E-state index contributed by atoms with van der Waals surface area (Å²) >= 11 is 1.49. The van der Waals surface area contributed by atoms with Crippen molar-refractivity contribution in [1.29, 1.82) is 0 Å². The van der Waals surface area contributed by atoms with E-state index in [1.807, 2.05) is 38.2 Å². The molecule has 0 bridgehead atoms. The maximum Gasteiger partial charge on any atom is 0.235 e. The number of rotatable bonds is 2. The van der Waals surface area contributed by atoms with Crippen LogP contribution in [0.5, 0.6) is 0 Å². The fourth-order valence-electron chi connectivity index (χ4n) is 2.94. The first-order chi connectivity index (χ1) is 11.1. The minimum Gasteiger partial charge on any atom is -0.345 e. The SMILES string of the molecule is Cc1nc2c3ccccc3nc(SC3CCCN(C)C3=O)n2n1. The second-order valence-corrected chi connectivity index (χ2v) is 6.98. The lowest BCUT2D eigenvalue weighted by molar-refractivity contribution is -0.131. The fraction of sp³-hybridized carbons (Fsp3) is 0.375. The Morgan fingerprint density at radius 3 is 2.96 bits per heavy atom. The van der Waals surface area contributed by atoms with Gasteiger partial charge in [0.25, 0.3) is 0 Å². The molecular weight excluding hydrogens is 310 g/mol. The summed E-state index contributed by atoms with van der Waals surface area (Å²) in [5.41, 5.74) is 1.68. The molecule has 0 aliphatic carbocycles. The van der Waals surface area contributed by atoms with Gasteiger partial charge in [-0.1, -0.05) is 23.9 Å². The van der Waals surface area contributed by atoms with Crippen LogP contribution in [0.3, 0.4) is 0 Å². The summed E-state index contributed by atoms with van der Waals surface area (Å²) in [6, 6.07) is 7.90. The standard InChI is InChI=1S/C16H17N5OS/c1-10-17-14-11-6-3-4-7-12(11)18-16(21(14)19-10)23-13-8-5-9-20(2)15(13)22/h3-4,6-7,13H,5,8-9H2,1-2H3. The molecule has 1 atom stereocenters. The van der Waals surface area contributed by atoms with E-state index in [9.17, 15) is 4.79 Å². The number of aromatic nitrogens is 4. The van der Waals surface area contributed by atoms with Crippen LogP contribution < -0.4 is 0 Å². The molecule has 4 rings (SSSR count). The molecule has 2 aromatic heterocycles. The first kappa shape index (κ1) is 14.4. The van der Waals surface area contributed by atoms with Crippen molar-refractivity contribution in [2.45, 2.75) is 30.2 Å². The van der Waals surface area contributed by atoms with Gasteiger partial charge in [-0.2, -0.15) is 4.52 Å². The fourth-order valence-corrected chi connectivity index (χ4v) is 4.14. The van der Waals surface area contributed by atoms with Crippen LogP contribution in [0.15, 0.2) is 29.4 Å². The van der Waals surface area contributed by atoms with Gasteiger partial charge in [-0.3, -0.25) is 4.79 Å². The Balaban J connectivity index is 1.83. The van der Waals surface area contributed by atoms with E-state index in [0.29, 0.717) is 5.82 Å². The third-order valence-electron chi connectivity index (χ3n) is 4.11. The van der Waals surface area contributed by atoms with Crippen LogP contribution in [0, 0.1) is 6.92 Å². The second-order valence-electron chi connectivity index (χ2n) is 5.81. The molecule has 1 fully saturated rings. The highest BCUT2D eigenvalue weighted by Gasteiger charge is 2.29. The number of hydrogen-bond acceptors (Lipinski definition) is 5. The summed E-state index contributed by atoms with van der Waals surface area (Å²) in [5, 5.41) is 6.07. The van der Waals surface area contributed by atoms with Crippen molar-refractivity contribution in [2.75, 3.05) is 13.6 Å². The zero-order valence-corrected chi connectivity index (χ0v) is 13.9. The molecule has 6 nitrogen and oxygen atoms in total. The van der Waals surface area contributed by atoms with Crippen LogP contribution in [-0.2, 0) is 4.79 Å². The Bertz CT molecular complexity index is 906. The average Bonchev–Trinajstić information content (AvgIpc) is 2.94. The first-order valence-corrected chi connectivity index (χ1v) is 8.55. The van der Waals surface area contributed by atoms with Gasteiger partial charge >= 0.3 is 0 Å². The molecule has 1 aromatic carbocycles. The molecule has 3 aromatic rings. The molecule has 0 N–H and O–H groups in total. The van der Waals surface area contributed by atoms with Gasteiger partial charge in [0.15, 0.2) is 10.8 Å². The number of carbonyl (C=O) groups is 1. The summed E-state index contributed by atoms with van der Waals surface area (Å²) in [7, 11) is 1.86. The number of amides is 1. The van der Waals surface area contributed by atoms with Crippen molar-refractivity contribution in [3.05, 3.63) is 30.1 Å². The van der Waals surface area contributed by atoms with Crippen molar-refractivity contribution < 1.29 is 4.79 Å². The molecule has 1 aliphatic heterocycles. The third kappa shape index (κ3) is 2.45. The van der Waals surface area contributed by atoms with Gasteiger partial charge in [-0.05, 0) is 31.9 Å². The Hall–Kier alpha value is -2.15. The first-order valence-electron chi connectivity index (χ1n) is 7.67. The van der Waals surface area contributed by atoms with E-state index in [0.717, 1.165) is 41.1 Å². The molecular formula is C16H17N5OS. The van der Waals surface area contributed by atoms with Gasteiger partial charge in [0, 0.05) is 19.0 Å². The second kappa shape index (κ2) is 5.49. The smallest absolute Gasteiger partial charge is 0.235 e. The number of para-hydroxylation sites is 1. The van der Waals surface area contributed by atoms with Crippen molar-refractivity contribution in [3.63, 3.8) is 0 Å². The number of aryl methyl sites for hydroxylation is 1. The molecule has 0 radical (unpaired) electrons. The zero-order chi connectivity index (χ0) is 16.0. The van der Waals surface area contributed by atoms with Gasteiger partial charge in [0.1, 0.15) is 5.82 Å². The van der Waals surface area contributed by atoms with Gasteiger partial charge in [-0.15, -0.1) is 5.10 Å². The number of carbonyl (C=O) groups excluding carboxylic acids is 1. The molecule has 118 valence electrons. The lowest BCUT2D eigenvalue weighted by Crippen LogP contribution is -2.40. The highest BCUT2D eigenvalue weighted by Crippen LogP contribution is 2.31. The minimum absolute atomic E-state index is 0.102. The summed E-state index contributed by atoms with van der Waals surface area (Å²) in [4.78, 5) is 23.4. The predicted octanol–water partition coefficient (Wildman–Crippen LogP) is 2.30. The van der Waals surface area contributed by atoms with E-state index in [-0.39, 0.29) is 11.2 Å². The maximum absolute atomic E-state index is 12.4. The number of likely N-dealkylation sites (tertiary alicyclic amines) is 1. The van der Waals surface area contributed by atoms with Crippen molar-refractivity contribution in [1.82, 2.24) is 24.5 Å². The molecule has 1 unspecified atom stereocenters. The molecule has 1 saturated heterocycles.